The summed E-state index contributed by atoms with van der Waals surface area (Å²) in [5.41, 5.74) is 7.33. The minimum atomic E-state index is 0.0158. The van der Waals surface area contributed by atoms with Crippen LogP contribution >= 0.6 is 0 Å². The average Bonchev–Trinajstić information content (AvgIpc) is 2.77. The first kappa shape index (κ1) is 12.6. The summed E-state index contributed by atoms with van der Waals surface area (Å²) >= 11 is 0. The van der Waals surface area contributed by atoms with Gasteiger partial charge in [-0.2, -0.15) is 0 Å². The number of benzene rings is 1. The number of aromatic nitrogens is 2. The summed E-state index contributed by atoms with van der Waals surface area (Å²) in [5, 5.41) is 2.83. The van der Waals surface area contributed by atoms with Crippen LogP contribution in [0.3, 0.4) is 0 Å². The van der Waals surface area contributed by atoms with Gasteiger partial charge in [-0.3, -0.25) is 4.79 Å². The van der Waals surface area contributed by atoms with Crippen LogP contribution in [0, 0.1) is 0 Å². The van der Waals surface area contributed by atoms with E-state index in [9.17, 15) is 4.79 Å². The van der Waals surface area contributed by atoms with Gasteiger partial charge in [0.2, 0.25) is 5.91 Å². The highest BCUT2D eigenvalue weighted by Gasteiger charge is 2.02. The van der Waals surface area contributed by atoms with E-state index in [4.69, 9.17) is 5.73 Å². The van der Waals surface area contributed by atoms with Crippen molar-refractivity contribution in [2.75, 3.05) is 13.1 Å². The van der Waals surface area contributed by atoms with Crippen molar-refractivity contribution in [3.05, 3.63) is 30.1 Å². The molecule has 1 amide bonds. The Morgan fingerprint density at radius 1 is 1.39 bits per heavy atom. The standard InChI is InChI=1S/C13H18N4O/c14-8-7-13(18)15-9-3-6-12-16-10-4-1-2-5-11(10)17-12/h1-2,4-5H,3,6-9,14H2,(H,15,18)(H,16,17). The van der Waals surface area contributed by atoms with Crippen molar-refractivity contribution in [2.24, 2.45) is 5.73 Å². The second-order valence-corrected chi connectivity index (χ2v) is 4.19. The number of carbonyl (C=O) groups excluding carboxylic acids is 1. The molecule has 1 heterocycles. The Kier molecular flexibility index (Phi) is 4.30. The molecule has 0 radical (unpaired) electrons. The molecule has 5 heteroatoms. The smallest absolute Gasteiger partial charge is 0.221 e. The molecular formula is C13H18N4O. The quantitative estimate of drug-likeness (QED) is 0.664. The van der Waals surface area contributed by atoms with Crippen LogP contribution in [0.5, 0.6) is 0 Å². The number of nitrogens with two attached hydrogens (primary N) is 1. The van der Waals surface area contributed by atoms with Gasteiger partial charge < -0.3 is 16.0 Å². The third-order valence-electron chi connectivity index (χ3n) is 2.72. The molecule has 96 valence electrons. The van der Waals surface area contributed by atoms with Crippen LogP contribution in [0.25, 0.3) is 11.0 Å². The Balaban J connectivity index is 1.78. The van der Waals surface area contributed by atoms with E-state index in [1.165, 1.54) is 0 Å². The summed E-state index contributed by atoms with van der Waals surface area (Å²) in [6.45, 7) is 1.06. The van der Waals surface area contributed by atoms with Crippen LogP contribution < -0.4 is 11.1 Å². The SMILES string of the molecule is NCCC(=O)NCCCc1nc2ccccc2[nH]1. The third-order valence-corrected chi connectivity index (χ3v) is 2.72. The summed E-state index contributed by atoms with van der Waals surface area (Å²) in [4.78, 5) is 18.9. The highest BCUT2D eigenvalue weighted by molar-refractivity contribution is 5.76. The number of amides is 1. The number of carbonyl (C=O) groups is 1. The number of imidazole rings is 1. The van der Waals surface area contributed by atoms with Gasteiger partial charge in [-0.25, -0.2) is 4.98 Å². The fraction of sp³-hybridized carbons (Fsp3) is 0.385. The van der Waals surface area contributed by atoms with Crippen LogP contribution in [0.2, 0.25) is 0 Å². The minimum absolute atomic E-state index is 0.0158. The number of para-hydroxylation sites is 2. The summed E-state index contributed by atoms with van der Waals surface area (Å²) < 4.78 is 0. The zero-order valence-corrected chi connectivity index (χ0v) is 10.3. The first-order chi connectivity index (χ1) is 8.79. The fourth-order valence-electron chi connectivity index (χ4n) is 1.83. The third kappa shape index (κ3) is 3.30. The molecule has 0 spiro atoms. The Morgan fingerprint density at radius 3 is 3.00 bits per heavy atom. The molecule has 0 atom stereocenters. The zero-order valence-electron chi connectivity index (χ0n) is 10.3. The molecule has 4 N–H and O–H groups in total. The van der Waals surface area contributed by atoms with Crippen molar-refractivity contribution in [2.45, 2.75) is 19.3 Å². The van der Waals surface area contributed by atoms with Crippen molar-refractivity contribution in [3.63, 3.8) is 0 Å². The lowest BCUT2D eigenvalue weighted by atomic mass is 10.3. The predicted molar refractivity (Wildman–Crippen MR) is 71.1 cm³/mol. The molecule has 2 aromatic rings. The monoisotopic (exact) mass is 246 g/mol. The van der Waals surface area contributed by atoms with E-state index >= 15 is 0 Å². The van der Waals surface area contributed by atoms with E-state index in [0.29, 0.717) is 19.5 Å². The number of hydrogen-bond acceptors (Lipinski definition) is 3. The molecule has 1 aromatic heterocycles. The lowest BCUT2D eigenvalue weighted by molar-refractivity contribution is -0.120. The Hall–Kier alpha value is -1.88. The summed E-state index contributed by atoms with van der Waals surface area (Å²) in [5.74, 6) is 0.978. The molecule has 0 bridgehead atoms. The highest BCUT2D eigenvalue weighted by atomic mass is 16.1. The minimum Gasteiger partial charge on any atom is -0.356 e. The van der Waals surface area contributed by atoms with Crippen molar-refractivity contribution in [1.29, 1.82) is 0 Å². The molecule has 0 saturated heterocycles. The van der Waals surface area contributed by atoms with Crippen molar-refractivity contribution in [3.8, 4) is 0 Å². The van der Waals surface area contributed by atoms with E-state index in [1.807, 2.05) is 24.3 Å². The van der Waals surface area contributed by atoms with Gasteiger partial charge in [0.15, 0.2) is 0 Å². The van der Waals surface area contributed by atoms with Gasteiger partial charge in [0.05, 0.1) is 11.0 Å². The number of aryl methyl sites for hydroxylation is 1. The lowest BCUT2D eigenvalue weighted by Crippen LogP contribution is -2.26. The van der Waals surface area contributed by atoms with Gasteiger partial charge in [-0.15, -0.1) is 0 Å². The molecule has 0 aliphatic heterocycles. The highest BCUT2D eigenvalue weighted by Crippen LogP contribution is 2.10. The van der Waals surface area contributed by atoms with Gasteiger partial charge >= 0.3 is 0 Å². The fourth-order valence-corrected chi connectivity index (χ4v) is 1.83. The van der Waals surface area contributed by atoms with E-state index in [2.05, 4.69) is 15.3 Å². The van der Waals surface area contributed by atoms with E-state index < -0.39 is 0 Å². The van der Waals surface area contributed by atoms with Crippen molar-refractivity contribution in [1.82, 2.24) is 15.3 Å². The largest absolute Gasteiger partial charge is 0.356 e. The van der Waals surface area contributed by atoms with E-state index in [-0.39, 0.29) is 5.91 Å². The first-order valence-corrected chi connectivity index (χ1v) is 6.20. The van der Waals surface area contributed by atoms with Gasteiger partial charge in [0.25, 0.3) is 0 Å². The van der Waals surface area contributed by atoms with Gasteiger partial charge in [-0.1, -0.05) is 12.1 Å². The second kappa shape index (κ2) is 6.16. The van der Waals surface area contributed by atoms with Crippen LogP contribution in [-0.4, -0.2) is 29.0 Å². The first-order valence-electron chi connectivity index (χ1n) is 6.20. The van der Waals surface area contributed by atoms with E-state index in [1.54, 1.807) is 0 Å². The topological polar surface area (TPSA) is 83.8 Å². The molecule has 0 fully saturated rings. The average molecular weight is 246 g/mol. The molecule has 0 saturated carbocycles. The number of H-pyrrole nitrogens is 1. The number of aromatic amines is 1. The molecule has 2 rings (SSSR count). The summed E-state index contributed by atoms with van der Waals surface area (Å²) in [6, 6.07) is 7.95. The maximum Gasteiger partial charge on any atom is 0.221 e. The van der Waals surface area contributed by atoms with Gasteiger partial charge in [-0.05, 0) is 18.6 Å². The van der Waals surface area contributed by atoms with Gasteiger partial charge in [0.1, 0.15) is 5.82 Å². The van der Waals surface area contributed by atoms with Crippen LogP contribution in [0.15, 0.2) is 24.3 Å². The molecular weight excluding hydrogens is 228 g/mol. The van der Waals surface area contributed by atoms with Crippen LogP contribution in [0.1, 0.15) is 18.7 Å². The molecule has 1 aromatic carbocycles. The van der Waals surface area contributed by atoms with Crippen molar-refractivity contribution < 1.29 is 4.79 Å². The number of hydrogen-bond donors (Lipinski definition) is 3. The molecule has 18 heavy (non-hydrogen) atoms. The molecule has 0 unspecified atom stereocenters. The summed E-state index contributed by atoms with van der Waals surface area (Å²) in [6.07, 6.45) is 2.10. The van der Waals surface area contributed by atoms with Crippen molar-refractivity contribution >= 4 is 16.9 Å². The number of nitrogens with one attached hydrogen (secondary N) is 2. The number of nitrogens with zero attached hydrogens (tertiary/aromatic N) is 1. The predicted octanol–water partition coefficient (Wildman–Crippen LogP) is 0.960. The normalized spacial score (nSPS) is 10.7. The Morgan fingerprint density at radius 2 is 2.22 bits per heavy atom. The maximum atomic E-state index is 11.2. The number of fused-ring (bicyclic) bond motifs is 1. The Bertz CT molecular complexity index is 487. The van der Waals surface area contributed by atoms with Crippen LogP contribution in [0.4, 0.5) is 0 Å². The van der Waals surface area contributed by atoms with Crippen LogP contribution in [-0.2, 0) is 11.2 Å². The Labute approximate surface area is 106 Å². The molecule has 0 aliphatic rings. The zero-order chi connectivity index (χ0) is 12.8. The van der Waals surface area contributed by atoms with E-state index in [0.717, 1.165) is 29.7 Å². The number of rotatable bonds is 6. The lowest BCUT2D eigenvalue weighted by Gasteiger charge is -2.02. The second-order valence-electron chi connectivity index (χ2n) is 4.19. The summed E-state index contributed by atoms with van der Waals surface area (Å²) in [7, 11) is 0. The molecule has 0 aliphatic carbocycles. The molecule has 5 nitrogen and oxygen atoms in total. The van der Waals surface area contributed by atoms with Gasteiger partial charge in [0, 0.05) is 25.9 Å². The maximum absolute atomic E-state index is 11.2.